The Morgan fingerprint density at radius 1 is 1.15 bits per heavy atom. The molecule has 0 unspecified atom stereocenters. The largest absolute Gasteiger partial charge is 0.354 e. The van der Waals surface area contributed by atoms with E-state index >= 15 is 0 Å². The van der Waals surface area contributed by atoms with Crippen LogP contribution in [0.25, 0.3) is 10.9 Å². The first-order valence-corrected chi connectivity index (χ1v) is 10.0. The second-order valence-electron chi connectivity index (χ2n) is 5.98. The van der Waals surface area contributed by atoms with E-state index in [-0.39, 0.29) is 12.5 Å². The van der Waals surface area contributed by atoms with Gasteiger partial charge in [0.05, 0.1) is 17.5 Å². The van der Waals surface area contributed by atoms with E-state index in [4.69, 9.17) is 0 Å². The van der Waals surface area contributed by atoms with Gasteiger partial charge in [0.2, 0.25) is 15.9 Å². The van der Waals surface area contributed by atoms with Gasteiger partial charge in [-0.2, -0.15) is 0 Å². The van der Waals surface area contributed by atoms with E-state index in [0.717, 1.165) is 22.9 Å². The van der Waals surface area contributed by atoms with Gasteiger partial charge in [0.15, 0.2) is 0 Å². The molecule has 136 valence electrons. The van der Waals surface area contributed by atoms with Crippen LogP contribution in [0.5, 0.6) is 0 Å². The molecule has 8 heteroatoms. The van der Waals surface area contributed by atoms with Crippen LogP contribution in [0.3, 0.4) is 0 Å². The molecule has 2 heterocycles. The second kappa shape index (κ2) is 7.57. The Labute approximate surface area is 152 Å². The van der Waals surface area contributed by atoms with Gasteiger partial charge in [-0.25, -0.2) is 8.42 Å². The number of benzene rings is 1. The molecule has 0 saturated heterocycles. The summed E-state index contributed by atoms with van der Waals surface area (Å²) in [4.78, 5) is 16.4. The zero-order valence-corrected chi connectivity index (χ0v) is 15.2. The summed E-state index contributed by atoms with van der Waals surface area (Å²) in [6.45, 7) is 0.671. The monoisotopic (exact) mass is 372 g/mol. The van der Waals surface area contributed by atoms with Crippen LogP contribution in [0.1, 0.15) is 5.69 Å². The molecular weight excluding hydrogens is 352 g/mol. The molecule has 0 spiro atoms. The number of pyridine rings is 1. The average Bonchev–Trinajstić information content (AvgIpc) is 2.99. The van der Waals surface area contributed by atoms with Crippen LogP contribution in [-0.4, -0.2) is 36.7 Å². The normalized spacial score (nSPS) is 11.4. The van der Waals surface area contributed by atoms with Crippen LogP contribution in [-0.2, 0) is 27.8 Å². The van der Waals surface area contributed by atoms with Crippen molar-refractivity contribution in [3.8, 4) is 0 Å². The molecule has 0 fully saturated rings. The Hall–Kier alpha value is -2.87. The van der Waals surface area contributed by atoms with Gasteiger partial charge >= 0.3 is 0 Å². The fraction of sp³-hybridized carbons (Fsp3) is 0.222. The SMILES string of the molecule is CS(=O)(=O)Nc1cccc2c1ccn2CC(=O)NCCc1ccccn1. The molecule has 2 aromatic heterocycles. The molecule has 2 N–H and O–H groups in total. The van der Waals surface area contributed by atoms with Crippen molar-refractivity contribution in [3.63, 3.8) is 0 Å². The predicted octanol–water partition coefficient (Wildman–Crippen LogP) is 1.77. The molecular formula is C18H20N4O3S. The highest BCUT2D eigenvalue weighted by Gasteiger charge is 2.11. The number of carbonyl (C=O) groups excluding carboxylic acids is 1. The predicted molar refractivity (Wildman–Crippen MR) is 101 cm³/mol. The van der Waals surface area contributed by atoms with E-state index in [1.165, 1.54) is 0 Å². The van der Waals surface area contributed by atoms with Crippen molar-refractivity contribution in [3.05, 3.63) is 60.6 Å². The number of hydrogen-bond donors (Lipinski definition) is 2. The third-order valence-electron chi connectivity index (χ3n) is 3.85. The number of hydrogen-bond acceptors (Lipinski definition) is 4. The molecule has 26 heavy (non-hydrogen) atoms. The topological polar surface area (TPSA) is 93.1 Å². The standard InChI is InChI=1S/C18H20N4O3S/c1-26(24,25)21-16-6-4-7-17-15(16)9-12-22(17)13-18(23)20-11-8-14-5-2-3-10-19-14/h2-7,9-10,12,21H,8,11,13H2,1H3,(H,20,23). The average molecular weight is 372 g/mol. The van der Waals surface area contributed by atoms with E-state index in [2.05, 4.69) is 15.0 Å². The van der Waals surface area contributed by atoms with Crippen LogP contribution < -0.4 is 10.0 Å². The molecule has 0 saturated carbocycles. The van der Waals surface area contributed by atoms with Crippen molar-refractivity contribution in [1.82, 2.24) is 14.9 Å². The highest BCUT2D eigenvalue weighted by atomic mass is 32.2. The van der Waals surface area contributed by atoms with E-state index in [0.29, 0.717) is 18.7 Å². The van der Waals surface area contributed by atoms with Crippen molar-refractivity contribution < 1.29 is 13.2 Å². The lowest BCUT2D eigenvalue weighted by molar-refractivity contribution is -0.121. The summed E-state index contributed by atoms with van der Waals surface area (Å²) in [6.07, 6.45) is 5.28. The minimum Gasteiger partial charge on any atom is -0.354 e. The van der Waals surface area contributed by atoms with Gasteiger partial charge in [-0.3, -0.25) is 14.5 Å². The molecule has 0 radical (unpaired) electrons. The van der Waals surface area contributed by atoms with Gasteiger partial charge in [0.1, 0.15) is 6.54 Å². The van der Waals surface area contributed by atoms with Crippen LogP contribution in [0, 0.1) is 0 Å². The lowest BCUT2D eigenvalue weighted by Crippen LogP contribution is -2.29. The number of fused-ring (bicyclic) bond motifs is 1. The number of carbonyl (C=O) groups is 1. The van der Waals surface area contributed by atoms with Crippen molar-refractivity contribution in [2.75, 3.05) is 17.5 Å². The number of rotatable bonds is 7. The third-order valence-corrected chi connectivity index (χ3v) is 4.44. The summed E-state index contributed by atoms with van der Waals surface area (Å²) in [7, 11) is -3.37. The molecule has 3 aromatic rings. The quantitative estimate of drug-likeness (QED) is 0.661. The maximum Gasteiger partial charge on any atom is 0.239 e. The zero-order valence-electron chi connectivity index (χ0n) is 14.3. The van der Waals surface area contributed by atoms with Crippen molar-refractivity contribution in [2.24, 2.45) is 0 Å². The second-order valence-corrected chi connectivity index (χ2v) is 7.73. The van der Waals surface area contributed by atoms with Crippen LogP contribution in [0.2, 0.25) is 0 Å². The smallest absolute Gasteiger partial charge is 0.239 e. The lowest BCUT2D eigenvalue weighted by Gasteiger charge is -2.09. The van der Waals surface area contributed by atoms with Gasteiger partial charge in [-0.1, -0.05) is 12.1 Å². The summed E-state index contributed by atoms with van der Waals surface area (Å²) in [5.41, 5.74) is 2.22. The molecule has 0 aliphatic carbocycles. The van der Waals surface area contributed by atoms with E-state index in [1.54, 1.807) is 35.2 Å². The number of aromatic nitrogens is 2. The number of amides is 1. The Morgan fingerprint density at radius 2 is 2.00 bits per heavy atom. The molecule has 1 amide bonds. The van der Waals surface area contributed by atoms with E-state index < -0.39 is 10.0 Å². The van der Waals surface area contributed by atoms with Crippen LogP contribution in [0.15, 0.2) is 54.9 Å². The minimum atomic E-state index is -3.37. The number of nitrogens with one attached hydrogen (secondary N) is 2. The zero-order chi connectivity index (χ0) is 18.6. The van der Waals surface area contributed by atoms with Gasteiger partial charge in [0.25, 0.3) is 0 Å². The molecule has 7 nitrogen and oxygen atoms in total. The van der Waals surface area contributed by atoms with Gasteiger partial charge in [0, 0.05) is 36.4 Å². The Balaban J connectivity index is 1.65. The Morgan fingerprint density at radius 3 is 2.73 bits per heavy atom. The van der Waals surface area contributed by atoms with Gasteiger partial charge < -0.3 is 9.88 Å². The first-order valence-electron chi connectivity index (χ1n) is 8.15. The molecule has 0 aliphatic rings. The van der Waals surface area contributed by atoms with Crippen LogP contribution >= 0.6 is 0 Å². The highest BCUT2D eigenvalue weighted by Crippen LogP contribution is 2.25. The summed E-state index contributed by atoms with van der Waals surface area (Å²) >= 11 is 0. The number of anilines is 1. The molecule has 1 aromatic carbocycles. The first-order chi connectivity index (χ1) is 12.4. The third kappa shape index (κ3) is 4.60. The van der Waals surface area contributed by atoms with E-state index in [9.17, 15) is 13.2 Å². The van der Waals surface area contributed by atoms with Crippen LogP contribution in [0.4, 0.5) is 5.69 Å². The van der Waals surface area contributed by atoms with Crippen molar-refractivity contribution in [1.29, 1.82) is 0 Å². The highest BCUT2D eigenvalue weighted by molar-refractivity contribution is 7.92. The summed E-state index contributed by atoms with van der Waals surface area (Å²) < 4.78 is 27.2. The molecule has 0 aliphatic heterocycles. The summed E-state index contributed by atoms with van der Waals surface area (Å²) in [5, 5.41) is 3.62. The fourth-order valence-corrected chi connectivity index (χ4v) is 3.31. The van der Waals surface area contributed by atoms with Crippen molar-refractivity contribution in [2.45, 2.75) is 13.0 Å². The molecule has 3 rings (SSSR count). The maximum absolute atomic E-state index is 12.2. The fourth-order valence-electron chi connectivity index (χ4n) is 2.74. The molecule has 0 atom stereocenters. The summed E-state index contributed by atoms with van der Waals surface area (Å²) in [6, 6.07) is 12.8. The van der Waals surface area contributed by atoms with Gasteiger partial charge in [-0.15, -0.1) is 0 Å². The summed E-state index contributed by atoms with van der Waals surface area (Å²) in [5.74, 6) is -0.111. The molecule has 0 bridgehead atoms. The number of nitrogens with zero attached hydrogens (tertiary/aromatic N) is 2. The maximum atomic E-state index is 12.2. The van der Waals surface area contributed by atoms with E-state index in [1.807, 2.05) is 24.3 Å². The Kier molecular flexibility index (Phi) is 5.22. The first kappa shape index (κ1) is 17.9. The lowest BCUT2D eigenvalue weighted by atomic mass is 10.2. The van der Waals surface area contributed by atoms with Crippen molar-refractivity contribution >= 4 is 32.5 Å². The van der Waals surface area contributed by atoms with Gasteiger partial charge in [-0.05, 0) is 30.3 Å². The Bertz CT molecular complexity index is 1010. The number of sulfonamides is 1. The minimum absolute atomic E-state index is 0.111.